The Morgan fingerprint density at radius 3 is 2.87 bits per heavy atom. The monoisotopic (exact) mass is 204 g/mol. The molecule has 3 nitrogen and oxygen atoms in total. The predicted octanol–water partition coefficient (Wildman–Crippen LogP) is 1.25. The highest BCUT2D eigenvalue weighted by atomic mass is 16.2. The van der Waals surface area contributed by atoms with Gasteiger partial charge in [-0.1, -0.05) is 12.1 Å². The number of nitrogens with one attached hydrogen (secondary N) is 1. The van der Waals surface area contributed by atoms with Crippen LogP contribution in [0.15, 0.2) is 24.3 Å². The molecule has 1 aromatic carbocycles. The molecule has 1 fully saturated rings. The summed E-state index contributed by atoms with van der Waals surface area (Å²) in [5, 5.41) is 3.08. The van der Waals surface area contributed by atoms with Gasteiger partial charge >= 0.3 is 0 Å². The van der Waals surface area contributed by atoms with Gasteiger partial charge in [-0.3, -0.25) is 4.79 Å². The van der Waals surface area contributed by atoms with Crippen LogP contribution in [0.1, 0.15) is 22.3 Å². The zero-order valence-electron chi connectivity index (χ0n) is 8.99. The third kappa shape index (κ3) is 2.18. The summed E-state index contributed by atoms with van der Waals surface area (Å²) in [5.74, 6) is 0.166. The molecule has 1 N–H and O–H groups in total. The normalized spacial score (nSPS) is 14.9. The number of likely N-dealkylation sites (tertiary alicyclic amines) is 1. The minimum absolute atomic E-state index is 0.166. The summed E-state index contributed by atoms with van der Waals surface area (Å²) in [5.41, 5.74) is 1.96. The van der Waals surface area contributed by atoms with E-state index in [-0.39, 0.29) is 5.91 Å². The Labute approximate surface area is 90.1 Å². The molecule has 0 spiro atoms. The molecule has 1 aromatic rings. The fraction of sp³-hybridized carbons (Fsp3) is 0.417. The Kier molecular flexibility index (Phi) is 3.02. The minimum Gasteiger partial charge on any atom is -0.339 e. The smallest absolute Gasteiger partial charge is 0.253 e. The van der Waals surface area contributed by atoms with Crippen molar-refractivity contribution in [3.63, 3.8) is 0 Å². The first-order valence-electron chi connectivity index (χ1n) is 5.34. The molecule has 2 rings (SSSR count). The molecule has 15 heavy (non-hydrogen) atoms. The third-order valence-electron chi connectivity index (χ3n) is 2.70. The Morgan fingerprint density at radius 2 is 2.27 bits per heavy atom. The number of carbonyl (C=O) groups excluding carboxylic acids is 1. The van der Waals surface area contributed by atoms with E-state index in [0.29, 0.717) is 0 Å². The third-order valence-corrected chi connectivity index (χ3v) is 2.70. The van der Waals surface area contributed by atoms with Gasteiger partial charge in [0.05, 0.1) is 0 Å². The van der Waals surface area contributed by atoms with E-state index < -0.39 is 0 Å². The SMILES string of the molecule is CNCc1cccc(C(=O)N2CCC2)c1. The number of hydrogen-bond donors (Lipinski definition) is 1. The first-order chi connectivity index (χ1) is 7.31. The molecule has 0 aromatic heterocycles. The average Bonchev–Trinajstić information content (AvgIpc) is 2.16. The molecule has 1 aliphatic heterocycles. The Hall–Kier alpha value is -1.35. The van der Waals surface area contributed by atoms with Crippen molar-refractivity contribution in [2.75, 3.05) is 20.1 Å². The molecule has 1 aliphatic rings. The number of carbonyl (C=O) groups is 1. The van der Waals surface area contributed by atoms with Crippen LogP contribution in [0.5, 0.6) is 0 Å². The van der Waals surface area contributed by atoms with Gasteiger partial charge in [-0.25, -0.2) is 0 Å². The van der Waals surface area contributed by atoms with Crippen molar-refractivity contribution >= 4 is 5.91 Å². The quantitative estimate of drug-likeness (QED) is 0.803. The van der Waals surface area contributed by atoms with E-state index in [1.165, 1.54) is 0 Å². The van der Waals surface area contributed by atoms with E-state index in [0.717, 1.165) is 37.2 Å². The Bertz CT molecular complexity index is 358. The maximum absolute atomic E-state index is 11.9. The molecule has 0 atom stereocenters. The van der Waals surface area contributed by atoms with Crippen molar-refractivity contribution in [2.24, 2.45) is 0 Å². The zero-order valence-corrected chi connectivity index (χ0v) is 8.99. The molecular formula is C12H16N2O. The Morgan fingerprint density at radius 1 is 1.47 bits per heavy atom. The number of nitrogens with zero attached hydrogens (tertiary/aromatic N) is 1. The van der Waals surface area contributed by atoms with Crippen LogP contribution in [0, 0.1) is 0 Å². The van der Waals surface area contributed by atoms with Gasteiger partial charge in [-0.2, -0.15) is 0 Å². The summed E-state index contributed by atoms with van der Waals surface area (Å²) >= 11 is 0. The first kappa shape index (κ1) is 10.2. The lowest BCUT2D eigenvalue weighted by molar-refractivity contribution is 0.0651. The summed E-state index contributed by atoms with van der Waals surface area (Å²) in [4.78, 5) is 13.8. The first-order valence-corrected chi connectivity index (χ1v) is 5.34. The minimum atomic E-state index is 0.166. The van der Waals surface area contributed by atoms with Crippen molar-refractivity contribution < 1.29 is 4.79 Å². The van der Waals surface area contributed by atoms with Gasteiger partial charge in [0.2, 0.25) is 0 Å². The van der Waals surface area contributed by atoms with E-state index in [4.69, 9.17) is 0 Å². The van der Waals surface area contributed by atoms with Gasteiger partial charge in [-0.05, 0) is 31.2 Å². The number of hydrogen-bond acceptors (Lipinski definition) is 2. The van der Waals surface area contributed by atoms with Crippen molar-refractivity contribution in [3.8, 4) is 0 Å². The topological polar surface area (TPSA) is 32.3 Å². The van der Waals surface area contributed by atoms with Crippen molar-refractivity contribution in [1.29, 1.82) is 0 Å². The van der Waals surface area contributed by atoms with E-state index in [2.05, 4.69) is 5.32 Å². The second-order valence-electron chi connectivity index (χ2n) is 3.88. The highest BCUT2D eigenvalue weighted by Gasteiger charge is 2.21. The highest BCUT2D eigenvalue weighted by molar-refractivity contribution is 5.94. The fourth-order valence-corrected chi connectivity index (χ4v) is 1.72. The van der Waals surface area contributed by atoms with Crippen LogP contribution in [0.3, 0.4) is 0 Å². The maximum Gasteiger partial charge on any atom is 0.253 e. The summed E-state index contributed by atoms with van der Waals surface area (Å²) in [6.45, 7) is 2.63. The van der Waals surface area contributed by atoms with E-state index in [1.807, 2.05) is 36.2 Å². The molecule has 1 saturated heterocycles. The summed E-state index contributed by atoms with van der Waals surface area (Å²) < 4.78 is 0. The highest BCUT2D eigenvalue weighted by Crippen LogP contribution is 2.13. The molecule has 1 heterocycles. The van der Waals surface area contributed by atoms with E-state index in [1.54, 1.807) is 0 Å². The molecular weight excluding hydrogens is 188 g/mol. The maximum atomic E-state index is 11.9. The van der Waals surface area contributed by atoms with Crippen LogP contribution in [0.4, 0.5) is 0 Å². The van der Waals surface area contributed by atoms with Gasteiger partial charge in [0.25, 0.3) is 5.91 Å². The van der Waals surface area contributed by atoms with Gasteiger partial charge in [-0.15, -0.1) is 0 Å². The molecule has 0 saturated carbocycles. The van der Waals surface area contributed by atoms with Crippen LogP contribution >= 0.6 is 0 Å². The van der Waals surface area contributed by atoms with Crippen LogP contribution in [0.2, 0.25) is 0 Å². The van der Waals surface area contributed by atoms with Crippen molar-refractivity contribution in [1.82, 2.24) is 10.2 Å². The lowest BCUT2D eigenvalue weighted by Crippen LogP contribution is -2.42. The number of benzene rings is 1. The van der Waals surface area contributed by atoms with Gasteiger partial charge in [0, 0.05) is 25.2 Å². The Balaban J connectivity index is 2.12. The molecule has 0 aliphatic carbocycles. The van der Waals surface area contributed by atoms with Gasteiger partial charge in [0.15, 0.2) is 0 Å². The molecule has 80 valence electrons. The lowest BCUT2D eigenvalue weighted by Gasteiger charge is -2.31. The number of amides is 1. The fourth-order valence-electron chi connectivity index (χ4n) is 1.72. The van der Waals surface area contributed by atoms with Gasteiger partial charge < -0.3 is 10.2 Å². The summed E-state index contributed by atoms with van der Waals surface area (Å²) in [7, 11) is 1.91. The van der Waals surface area contributed by atoms with Gasteiger partial charge in [0.1, 0.15) is 0 Å². The largest absolute Gasteiger partial charge is 0.339 e. The standard InChI is InChI=1S/C12H16N2O/c1-13-9-10-4-2-5-11(8-10)12(15)14-6-3-7-14/h2,4-5,8,13H,3,6-7,9H2,1H3. The van der Waals surface area contributed by atoms with Crippen molar-refractivity contribution in [3.05, 3.63) is 35.4 Å². The molecule has 1 amide bonds. The average molecular weight is 204 g/mol. The molecule has 0 unspecified atom stereocenters. The zero-order chi connectivity index (χ0) is 10.7. The summed E-state index contributed by atoms with van der Waals surface area (Å²) in [6.07, 6.45) is 1.14. The summed E-state index contributed by atoms with van der Waals surface area (Å²) in [6, 6.07) is 7.83. The van der Waals surface area contributed by atoms with E-state index >= 15 is 0 Å². The van der Waals surface area contributed by atoms with Crippen LogP contribution in [-0.4, -0.2) is 30.9 Å². The van der Waals surface area contributed by atoms with E-state index in [9.17, 15) is 4.79 Å². The lowest BCUT2D eigenvalue weighted by atomic mass is 10.1. The van der Waals surface area contributed by atoms with Crippen LogP contribution < -0.4 is 5.32 Å². The second kappa shape index (κ2) is 4.45. The molecule has 0 radical (unpaired) electrons. The predicted molar refractivity (Wildman–Crippen MR) is 59.7 cm³/mol. The van der Waals surface area contributed by atoms with Crippen LogP contribution in [0.25, 0.3) is 0 Å². The molecule has 0 bridgehead atoms. The van der Waals surface area contributed by atoms with Crippen molar-refractivity contribution in [2.45, 2.75) is 13.0 Å². The molecule has 3 heteroatoms. The number of rotatable bonds is 3. The second-order valence-corrected chi connectivity index (χ2v) is 3.88. The van der Waals surface area contributed by atoms with Crippen LogP contribution in [-0.2, 0) is 6.54 Å².